The van der Waals surface area contributed by atoms with Gasteiger partial charge in [-0.2, -0.15) is 0 Å². The van der Waals surface area contributed by atoms with Crippen molar-refractivity contribution in [2.45, 2.75) is 13.8 Å². The topological polar surface area (TPSA) is 0 Å². The highest BCUT2D eigenvalue weighted by Crippen LogP contribution is 1.95. The fraction of sp³-hybridized carbons (Fsp3) is 0.273. The molecule has 55 valence electrons. The van der Waals surface area contributed by atoms with Gasteiger partial charge in [-0.25, -0.2) is 0 Å². The summed E-state index contributed by atoms with van der Waals surface area (Å²) in [5.41, 5.74) is 1.07. The lowest BCUT2D eigenvalue weighted by molar-refractivity contribution is 0.866. The second-order valence-corrected chi connectivity index (χ2v) is 2.71. The van der Waals surface area contributed by atoms with Crippen LogP contribution >= 0.6 is 0 Å². The summed E-state index contributed by atoms with van der Waals surface area (Å²) in [4.78, 5) is 0. The molecule has 0 saturated heterocycles. The molecule has 0 aliphatic rings. The molecular weight excluding hydrogens is 132 g/mol. The monoisotopic (exact) mass is 143 g/mol. The number of benzene rings is 1. The summed E-state index contributed by atoms with van der Waals surface area (Å²) in [6, 6.07) is 10.6. The molecule has 0 saturated carbocycles. The van der Waals surface area contributed by atoms with Gasteiger partial charge in [-0.15, -0.1) is 0 Å². The Morgan fingerprint density at radius 2 is 1.91 bits per heavy atom. The number of rotatable bonds is 0. The lowest BCUT2D eigenvalue weighted by atomic mass is 10.2. The molecule has 1 aromatic carbocycles. The zero-order chi connectivity index (χ0) is 8.10. The van der Waals surface area contributed by atoms with Crippen LogP contribution in [0.25, 0.3) is 0 Å². The maximum absolute atomic E-state index is 3.10. The van der Waals surface area contributed by atoms with Gasteiger partial charge in [0.2, 0.25) is 0 Å². The summed E-state index contributed by atoms with van der Waals surface area (Å²) in [7, 11) is 0. The minimum Gasteiger partial charge on any atom is -0.0951 e. The summed E-state index contributed by atoms with van der Waals surface area (Å²) in [6.45, 7) is 4.17. The molecule has 0 heteroatoms. The molecule has 0 aliphatic carbocycles. The first-order valence-electron chi connectivity index (χ1n) is 3.76. The van der Waals surface area contributed by atoms with Crippen LogP contribution in [0.1, 0.15) is 19.4 Å². The molecule has 0 fully saturated rings. The molecule has 0 N–H and O–H groups in total. The first kappa shape index (κ1) is 7.88. The van der Waals surface area contributed by atoms with Gasteiger partial charge in [-0.1, -0.05) is 37.8 Å². The van der Waals surface area contributed by atoms with Crippen LogP contribution in [0.4, 0.5) is 0 Å². The van der Waals surface area contributed by atoms with Gasteiger partial charge in [0.25, 0.3) is 0 Å². The summed E-state index contributed by atoms with van der Waals surface area (Å²) in [5.74, 6) is 6.62. The van der Waals surface area contributed by atoms with Crippen LogP contribution in [0.2, 0.25) is 0 Å². The minimum absolute atomic E-state index is 0.444. The standard InChI is InChI=1S/C11H11/c1-10(2)8-9-11-6-4-3-5-7-11/h4-7,10H,1-2H3. The summed E-state index contributed by atoms with van der Waals surface area (Å²) >= 11 is 0. The predicted octanol–water partition coefficient (Wildman–Crippen LogP) is 2.49. The van der Waals surface area contributed by atoms with Gasteiger partial charge in [0.15, 0.2) is 0 Å². The van der Waals surface area contributed by atoms with E-state index in [-0.39, 0.29) is 0 Å². The molecule has 0 heterocycles. The molecule has 1 rings (SSSR count). The van der Waals surface area contributed by atoms with Crippen molar-refractivity contribution in [3.8, 4) is 11.8 Å². The van der Waals surface area contributed by atoms with Crippen LogP contribution < -0.4 is 0 Å². The van der Waals surface area contributed by atoms with Crippen molar-refractivity contribution < 1.29 is 0 Å². The average Bonchev–Trinajstić information content (AvgIpc) is 2.03. The van der Waals surface area contributed by atoms with Gasteiger partial charge >= 0.3 is 0 Å². The third kappa shape index (κ3) is 2.91. The third-order valence-corrected chi connectivity index (χ3v) is 1.22. The highest BCUT2D eigenvalue weighted by Gasteiger charge is 1.83. The van der Waals surface area contributed by atoms with Crippen LogP contribution in [0.15, 0.2) is 24.3 Å². The predicted molar refractivity (Wildman–Crippen MR) is 47.0 cm³/mol. The molecule has 0 atom stereocenters. The van der Waals surface area contributed by atoms with E-state index in [2.05, 4.69) is 31.8 Å². The summed E-state index contributed by atoms with van der Waals surface area (Å²) in [5, 5.41) is 0. The van der Waals surface area contributed by atoms with Crippen LogP contribution in [0, 0.1) is 23.8 Å². The Morgan fingerprint density at radius 1 is 1.27 bits per heavy atom. The van der Waals surface area contributed by atoms with Crippen molar-refractivity contribution in [3.63, 3.8) is 0 Å². The summed E-state index contributed by atoms with van der Waals surface area (Å²) < 4.78 is 0. The van der Waals surface area contributed by atoms with E-state index < -0.39 is 0 Å². The van der Waals surface area contributed by atoms with E-state index in [1.54, 1.807) is 0 Å². The first-order valence-corrected chi connectivity index (χ1v) is 3.76. The molecule has 0 aliphatic heterocycles. The van der Waals surface area contributed by atoms with Gasteiger partial charge in [0.1, 0.15) is 0 Å². The average molecular weight is 143 g/mol. The minimum atomic E-state index is 0.444. The molecule has 1 radical (unpaired) electrons. The molecule has 11 heavy (non-hydrogen) atoms. The fourth-order valence-corrected chi connectivity index (χ4v) is 0.698. The van der Waals surface area contributed by atoms with E-state index in [4.69, 9.17) is 0 Å². The number of hydrogen-bond acceptors (Lipinski definition) is 0. The molecule has 0 unspecified atom stereocenters. The molecule has 0 amide bonds. The van der Waals surface area contributed by atoms with Crippen molar-refractivity contribution >= 4 is 0 Å². The Morgan fingerprint density at radius 3 is 2.45 bits per heavy atom. The van der Waals surface area contributed by atoms with Crippen LogP contribution in [0.5, 0.6) is 0 Å². The lowest BCUT2D eigenvalue weighted by Gasteiger charge is -1.88. The molecule has 0 aromatic heterocycles. The third-order valence-electron chi connectivity index (χ3n) is 1.22. The van der Waals surface area contributed by atoms with E-state index in [0.717, 1.165) is 5.56 Å². The van der Waals surface area contributed by atoms with Crippen molar-refractivity contribution in [3.05, 3.63) is 35.9 Å². The van der Waals surface area contributed by atoms with Gasteiger partial charge < -0.3 is 0 Å². The van der Waals surface area contributed by atoms with Crippen LogP contribution in [0.3, 0.4) is 0 Å². The maximum Gasteiger partial charge on any atom is 0.0245 e. The van der Waals surface area contributed by atoms with E-state index in [1.165, 1.54) is 0 Å². The second-order valence-electron chi connectivity index (χ2n) is 2.71. The van der Waals surface area contributed by atoms with Gasteiger partial charge in [0.05, 0.1) is 0 Å². The Kier molecular flexibility index (Phi) is 2.74. The molecular formula is C11H11. The second kappa shape index (κ2) is 3.83. The lowest BCUT2D eigenvalue weighted by Crippen LogP contribution is -1.78. The van der Waals surface area contributed by atoms with E-state index in [0.29, 0.717) is 5.92 Å². The Bertz CT molecular complexity index is 259. The molecule has 0 bridgehead atoms. The largest absolute Gasteiger partial charge is 0.0951 e. The highest BCUT2D eigenvalue weighted by atomic mass is 13.9. The van der Waals surface area contributed by atoms with Crippen molar-refractivity contribution in [2.75, 3.05) is 0 Å². The fourth-order valence-electron chi connectivity index (χ4n) is 0.698. The zero-order valence-electron chi connectivity index (χ0n) is 6.89. The normalized spacial score (nSPS) is 9.00. The van der Waals surface area contributed by atoms with Crippen LogP contribution in [-0.4, -0.2) is 0 Å². The molecule has 0 nitrogen and oxygen atoms in total. The summed E-state index contributed by atoms with van der Waals surface area (Å²) in [6.07, 6.45) is 0. The van der Waals surface area contributed by atoms with Crippen molar-refractivity contribution in [2.24, 2.45) is 5.92 Å². The maximum atomic E-state index is 3.10. The first-order chi connectivity index (χ1) is 5.29. The smallest absolute Gasteiger partial charge is 0.0245 e. The number of hydrogen-bond donors (Lipinski definition) is 0. The Balaban J connectivity index is 2.75. The van der Waals surface area contributed by atoms with Gasteiger partial charge in [-0.05, 0) is 18.2 Å². The Hall–Kier alpha value is -1.22. The van der Waals surface area contributed by atoms with Gasteiger partial charge in [-0.3, -0.25) is 0 Å². The van der Waals surface area contributed by atoms with E-state index >= 15 is 0 Å². The zero-order valence-corrected chi connectivity index (χ0v) is 6.89. The van der Waals surface area contributed by atoms with Crippen molar-refractivity contribution in [1.29, 1.82) is 0 Å². The molecule has 1 aromatic rings. The SMILES string of the molecule is CC(C)C#Cc1cc[c]cc1. The van der Waals surface area contributed by atoms with Gasteiger partial charge in [0, 0.05) is 11.5 Å². The van der Waals surface area contributed by atoms with E-state index in [9.17, 15) is 0 Å². The molecule has 0 spiro atoms. The Labute approximate surface area is 68.3 Å². The quantitative estimate of drug-likeness (QED) is 0.489. The van der Waals surface area contributed by atoms with Crippen LogP contribution in [-0.2, 0) is 0 Å². The van der Waals surface area contributed by atoms with E-state index in [1.807, 2.05) is 24.3 Å². The highest BCUT2D eigenvalue weighted by molar-refractivity contribution is 5.33. The van der Waals surface area contributed by atoms with Crippen molar-refractivity contribution in [1.82, 2.24) is 0 Å².